The van der Waals surface area contributed by atoms with Crippen LogP contribution in [0.5, 0.6) is 0 Å². The second-order valence-corrected chi connectivity index (χ2v) is 46.5. The lowest BCUT2D eigenvalue weighted by Gasteiger charge is -2.27. The minimum absolute atomic E-state index is 0.0810. The van der Waals surface area contributed by atoms with Gasteiger partial charge in [-0.3, -0.25) is 0 Å². The number of hydrogen-bond donors (Lipinski definition) is 0. The van der Waals surface area contributed by atoms with Crippen molar-refractivity contribution in [2.24, 2.45) is 0 Å². The molecule has 0 bridgehead atoms. The van der Waals surface area contributed by atoms with E-state index in [1.807, 2.05) is 46.1 Å². The zero-order valence-corrected chi connectivity index (χ0v) is 90.3. The largest absolute Gasteiger partial charge is 0.248 e. The van der Waals surface area contributed by atoms with Crippen molar-refractivity contribution >= 4 is 94.5 Å². The van der Waals surface area contributed by atoms with Gasteiger partial charge in [0.2, 0.25) is 0 Å². The van der Waals surface area contributed by atoms with Crippen molar-refractivity contribution in [3.8, 4) is 78.1 Å². The highest BCUT2D eigenvalue weighted by Gasteiger charge is 2.26. The molecule has 21 aromatic rings. The minimum atomic E-state index is 0.0810. The van der Waals surface area contributed by atoms with E-state index in [9.17, 15) is 0 Å². The average Bonchev–Trinajstić information content (AvgIpc) is 1.43. The molecule has 4 aromatic heterocycles. The second-order valence-electron chi connectivity index (χ2n) is 43.3. The molecule has 0 atom stereocenters. The predicted molar refractivity (Wildman–Crippen MR) is 631 cm³/mol. The maximum Gasteiger partial charge on any atom is 0.0712 e. The van der Waals surface area contributed by atoms with Crippen LogP contribution in [-0.2, 0) is 27.1 Å². The molecule has 21 rings (SSSR count). The Hall–Kier alpha value is -13.5. The number of hydrogen-bond acceptors (Lipinski definition) is 4. The van der Waals surface area contributed by atoms with E-state index in [4.69, 9.17) is 4.98 Å². The molecule has 142 heavy (non-hydrogen) atoms. The standard InChI is InChI=1S/2C22H22.C21H21N.C16H18.3C15H14S.C12H18/c1-22(2,3)21-19(17-11-6-4-7-12-17)15-10-16-20(21)18-13-8-5-9-14-18;1-22(2,3)21-15-19(17-10-6-4-7-11-17)14-20(16-21)18-12-8-5-9-13-18;1-21(2,3)18-14-19(16-10-6-4-7-11-16)22-20(15-18)17-12-8-5-9-13-17;1-16(2,3)15-12-8-7-11-14(15)13-9-5-4-6-10-13;1-10(2)11-7-5-8-13-12-6-3-4-9-14(12)16-15(11)13;1-10(2)11-7-8-15-13(9-11)12-5-3-4-6-14(12)16-15;1-10(2)11-7-8-13-12-5-3-4-6-14(12)16-15(13)9-11;1-9-7-6-8-10(2)11(9)12(3,4)5/h2*4-16H,1-3H3;4-15H,1-3H3;4-12H,1-3H3;3*3-10H,1-2H3;6-8H,1-5H3. The van der Waals surface area contributed by atoms with Crippen LogP contribution in [0.3, 0.4) is 0 Å². The van der Waals surface area contributed by atoms with Crippen molar-refractivity contribution < 1.29 is 0 Å². The van der Waals surface area contributed by atoms with Gasteiger partial charge in [-0.2, -0.15) is 0 Å². The topological polar surface area (TPSA) is 12.9 Å². The maximum absolute atomic E-state index is 4.89. The Labute approximate surface area is 861 Å². The molecule has 0 saturated heterocycles. The number of aryl methyl sites for hydroxylation is 2. The Morgan fingerprint density at radius 3 is 0.951 bits per heavy atom. The normalized spacial score (nSPS) is 11.5. The molecule has 0 radical (unpaired) electrons. The average molecular weight is 1910 g/mol. The Morgan fingerprint density at radius 1 is 0.204 bits per heavy atom. The summed E-state index contributed by atoms with van der Waals surface area (Å²) in [5, 5.41) is 8.39. The van der Waals surface area contributed by atoms with Crippen LogP contribution in [0.15, 0.2) is 431 Å². The summed E-state index contributed by atoms with van der Waals surface area (Å²) < 4.78 is 8.43. The highest BCUT2D eigenvalue weighted by atomic mass is 32.1. The Kier molecular flexibility index (Phi) is 34.5. The Balaban J connectivity index is 0.000000130. The summed E-state index contributed by atoms with van der Waals surface area (Å²) in [5.41, 5.74) is 32.2. The highest BCUT2D eigenvalue weighted by Crippen LogP contribution is 2.45. The SMILES string of the molecule is CC(C)(C)c1c(-c2ccccc2)cccc1-c1ccccc1.CC(C)(C)c1cc(-c2ccccc2)cc(-c2ccccc2)c1.CC(C)(C)c1cc(-c2ccccc2)nc(-c2ccccc2)c1.CC(C)(C)c1ccccc1-c1ccccc1.CC(C)c1ccc2c(c1)sc1ccccc12.CC(C)c1ccc2sc3ccccc3c2c1.CC(C)c1cccc2c1sc1ccccc12.Cc1cccc(C)c1C(C)(C)C. The summed E-state index contributed by atoms with van der Waals surface area (Å²) in [6.07, 6.45) is 0. The lowest BCUT2D eigenvalue weighted by atomic mass is 9.77. The van der Waals surface area contributed by atoms with E-state index in [-0.39, 0.29) is 27.1 Å². The summed E-state index contributed by atoms with van der Waals surface area (Å²) in [6.45, 7) is 51.9. The van der Waals surface area contributed by atoms with Crippen molar-refractivity contribution in [1.29, 1.82) is 0 Å². The lowest BCUT2D eigenvalue weighted by Crippen LogP contribution is -2.14. The zero-order chi connectivity index (χ0) is 101. The molecule has 718 valence electrons. The Bertz CT molecular complexity index is 7300. The van der Waals surface area contributed by atoms with Gasteiger partial charge in [-0.25, -0.2) is 4.98 Å². The van der Waals surface area contributed by atoms with Gasteiger partial charge in [0.05, 0.1) is 11.4 Å². The van der Waals surface area contributed by atoms with E-state index in [0.717, 1.165) is 22.5 Å². The molecule has 0 unspecified atom stereocenters. The first-order valence-electron chi connectivity index (χ1n) is 50.5. The number of thiophene rings is 3. The van der Waals surface area contributed by atoms with Crippen LogP contribution in [0, 0.1) is 13.8 Å². The zero-order valence-electron chi connectivity index (χ0n) is 87.9. The minimum Gasteiger partial charge on any atom is -0.248 e. The van der Waals surface area contributed by atoms with Crippen LogP contribution in [0.25, 0.3) is 139 Å². The van der Waals surface area contributed by atoms with Crippen molar-refractivity contribution in [1.82, 2.24) is 4.98 Å². The number of pyridine rings is 1. The first-order chi connectivity index (χ1) is 67.9. The van der Waals surface area contributed by atoms with Gasteiger partial charge in [0.25, 0.3) is 0 Å². The van der Waals surface area contributed by atoms with Crippen LogP contribution < -0.4 is 0 Å². The third-order valence-corrected chi connectivity index (χ3v) is 29.6. The number of benzene rings is 17. The number of nitrogens with zero attached hydrogens (tertiary/aromatic N) is 1. The number of aromatic nitrogens is 1. The third-order valence-electron chi connectivity index (χ3n) is 26.1. The van der Waals surface area contributed by atoms with E-state index < -0.39 is 0 Å². The molecule has 0 amide bonds. The van der Waals surface area contributed by atoms with Gasteiger partial charge in [-0.1, -0.05) is 522 Å². The molecule has 0 aliphatic heterocycles. The van der Waals surface area contributed by atoms with Gasteiger partial charge in [-0.15, -0.1) is 34.0 Å². The second kappa shape index (κ2) is 47.0. The quantitative estimate of drug-likeness (QED) is 0.133. The van der Waals surface area contributed by atoms with Crippen molar-refractivity contribution in [2.75, 3.05) is 0 Å². The molecule has 0 spiro atoms. The monoisotopic (exact) mass is 1910 g/mol. The maximum atomic E-state index is 4.89. The van der Waals surface area contributed by atoms with E-state index >= 15 is 0 Å². The lowest BCUT2D eigenvalue weighted by molar-refractivity contribution is 0.582. The smallest absolute Gasteiger partial charge is 0.0712 e. The van der Waals surface area contributed by atoms with E-state index in [0.29, 0.717) is 17.8 Å². The van der Waals surface area contributed by atoms with Crippen molar-refractivity contribution in [3.05, 3.63) is 486 Å². The molecule has 4 heterocycles. The van der Waals surface area contributed by atoms with Gasteiger partial charge >= 0.3 is 0 Å². The molecule has 0 saturated carbocycles. The molecule has 17 aromatic carbocycles. The number of fused-ring (bicyclic) bond motifs is 9. The third kappa shape index (κ3) is 26.9. The summed E-state index contributed by atoms with van der Waals surface area (Å²) in [7, 11) is 0. The van der Waals surface area contributed by atoms with Crippen LogP contribution in [0.2, 0.25) is 0 Å². The van der Waals surface area contributed by atoms with Gasteiger partial charge in [-0.05, 0) is 225 Å². The first kappa shape index (κ1) is 104. The number of rotatable bonds is 10. The van der Waals surface area contributed by atoms with Crippen LogP contribution in [-0.4, -0.2) is 4.98 Å². The summed E-state index contributed by atoms with van der Waals surface area (Å²) in [6, 6.07) is 153. The molecule has 1 nitrogen and oxygen atoms in total. The van der Waals surface area contributed by atoms with Crippen molar-refractivity contribution in [3.63, 3.8) is 0 Å². The molecule has 0 aliphatic rings. The fourth-order valence-corrected chi connectivity index (χ4v) is 22.2. The fraction of sp³-hybridized carbons (Fsp3) is 0.225. The van der Waals surface area contributed by atoms with Crippen LogP contribution in [0.4, 0.5) is 0 Å². The van der Waals surface area contributed by atoms with Gasteiger partial charge < -0.3 is 0 Å². The van der Waals surface area contributed by atoms with Gasteiger partial charge in [0.15, 0.2) is 0 Å². The predicted octanol–water partition coefficient (Wildman–Crippen LogP) is 42.1. The van der Waals surface area contributed by atoms with E-state index in [1.54, 1.807) is 0 Å². The molecule has 0 N–H and O–H groups in total. The van der Waals surface area contributed by atoms with Gasteiger partial charge in [0, 0.05) is 71.6 Å². The fourth-order valence-electron chi connectivity index (χ4n) is 18.6. The van der Waals surface area contributed by atoms with Crippen LogP contribution in [0.1, 0.15) is 219 Å². The summed E-state index contributed by atoms with van der Waals surface area (Å²) >= 11 is 5.69. The summed E-state index contributed by atoms with van der Waals surface area (Å²) in [5.74, 6) is 1.80. The molecular formula is C138H143NS3. The Morgan fingerprint density at radius 2 is 0.528 bits per heavy atom. The molecule has 0 aliphatic carbocycles. The van der Waals surface area contributed by atoms with E-state index in [2.05, 4.69) is 578 Å². The first-order valence-corrected chi connectivity index (χ1v) is 53.0. The summed E-state index contributed by atoms with van der Waals surface area (Å²) in [4.78, 5) is 4.89. The highest BCUT2D eigenvalue weighted by molar-refractivity contribution is 7.26. The molecule has 4 heteroatoms. The molecule has 0 fully saturated rings. The van der Waals surface area contributed by atoms with Crippen LogP contribution >= 0.6 is 34.0 Å². The van der Waals surface area contributed by atoms with Crippen molar-refractivity contribution in [2.45, 2.75) is 204 Å². The van der Waals surface area contributed by atoms with E-state index in [1.165, 1.54) is 172 Å². The molecular weight excluding hydrogens is 1770 g/mol. The van der Waals surface area contributed by atoms with Gasteiger partial charge in [0.1, 0.15) is 0 Å².